The SMILES string of the molecule is COC(=O)CCNCc1cc(C(=O)O)ccc1F. The van der Waals surface area contributed by atoms with E-state index in [1.807, 2.05) is 0 Å². The van der Waals surface area contributed by atoms with Crippen LogP contribution >= 0.6 is 0 Å². The Hall–Kier alpha value is -1.95. The molecule has 0 unspecified atom stereocenters. The topological polar surface area (TPSA) is 75.6 Å². The lowest BCUT2D eigenvalue weighted by Gasteiger charge is -2.06. The fraction of sp³-hybridized carbons (Fsp3) is 0.333. The lowest BCUT2D eigenvalue weighted by atomic mass is 10.1. The predicted octanol–water partition coefficient (Wildman–Crippen LogP) is 1.18. The molecule has 0 saturated heterocycles. The molecular formula is C12H14FNO4. The number of rotatable bonds is 6. The first-order valence-electron chi connectivity index (χ1n) is 5.34. The van der Waals surface area contributed by atoms with Gasteiger partial charge in [-0.2, -0.15) is 0 Å². The van der Waals surface area contributed by atoms with E-state index in [9.17, 15) is 14.0 Å². The number of carbonyl (C=O) groups excluding carboxylic acids is 1. The van der Waals surface area contributed by atoms with Crippen LogP contribution in [0.25, 0.3) is 0 Å². The van der Waals surface area contributed by atoms with Gasteiger partial charge in [0.15, 0.2) is 0 Å². The molecule has 0 aliphatic carbocycles. The van der Waals surface area contributed by atoms with Crippen molar-refractivity contribution in [2.75, 3.05) is 13.7 Å². The van der Waals surface area contributed by atoms with Gasteiger partial charge in [-0.05, 0) is 18.2 Å². The maximum Gasteiger partial charge on any atom is 0.335 e. The highest BCUT2D eigenvalue weighted by atomic mass is 19.1. The van der Waals surface area contributed by atoms with Crippen molar-refractivity contribution in [3.63, 3.8) is 0 Å². The zero-order valence-corrected chi connectivity index (χ0v) is 9.90. The van der Waals surface area contributed by atoms with E-state index in [1.165, 1.54) is 19.2 Å². The van der Waals surface area contributed by atoms with E-state index in [2.05, 4.69) is 10.1 Å². The molecule has 0 aromatic heterocycles. The van der Waals surface area contributed by atoms with Gasteiger partial charge in [-0.25, -0.2) is 9.18 Å². The summed E-state index contributed by atoms with van der Waals surface area (Å²) in [5.41, 5.74) is 0.279. The van der Waals surface area contributed by atoms with Crippen LogP contribution in [0.3, 0.4) is 0 Å². The van der Waals surface area contributed by atoms with Gasteiger partial charge in [-0.15, -0.1) is 0 Å². The molecule has 0 radical (unpaired) electrons. The number of nitrogens with one attached hydrogen (secondary N) is 1. The molecule has 6 heteroatoms. The predicted molar refractivity (Wildman–Crippen MR) is 61.7 cm³/mol. The minimum absolute atomic E-state index is 0.0289. The quantitative estimate of drug-likeness (QED) is 0.589. The summed E-state index contributed by atoms with van der Waals surface area (Å²) in [4.78, 5) is 21.5. The van der Waals surface area contributed by atoms with Crippen molar-refractivity contribution in [1.82, 2.24) is 5.32 Å². The molecule has 5 nitrogen and oxygen atoms in total. The summed E-state index contributed by atoms with van der Waals surface area (Å²) in [7, 11) is 1.29. The molecule has 98 valence electrons. The van der Waals surface area contributed by atoms with Crippen molar-refractivity contribution in [3.8, 4) is 0 Å². The van der Waals surface area contributed by atoms with E-state index in [4.69, 9.17) is 5.11 Å². The number of ether oxygens (including phenoxy) is 1. The minimum atomic E-state index is -1.11. The molecule has 0 spiro atoms. The van der Waals surface area contributed by atoms with Gasteiger partial charge in [0.2, 0.25) is 0 Å². The summed E-state index contributed by atoms with van der Waals surface area (Å²) < 4.78 is 17.8. The molecule has 0 bridgehead atoms. The Bertz CT molecular complexity index is 448. The molecule has 0 aliphatic rings. The molecule has 18 heavy (non-hydrogen) atoms. The van der Waals surface area contributed by atoms with Crippen LogP contribution in [0, 0.1) is 5.82 Å². The third-order valence-corrected chi connectivity index (χ3v) is 2.34. The Labute approximate surface area is 104 Å². The minimum Gasteiger partial charge on any atom is -0.478 e. The number of esters is 1. The first-order chi connectivity index (χ1) is 8.54. The third kappa shape index (κ3) is 4.14. The van der Waals surface area contributed by atoms with Gasteiger partial charge >= 0.3 is 11.9 Å². The average Bonchev–Trinajstić information content (AvgIpc) is 2.35. The number of halogens is 1. The molecule has 0 fully saturated rings. The Morgan fingerprint density at radius 2 is 2.17 bits per heavy atom. The van der Waals surface area contributed by atoms with Crippen molar-refractivity contribution in [2.24, 2.45) is 0 Å². The fourth-order valence-corrected chi connectivity index (χ4v) is 1.36. The molecule has 0 aliphatic heterocycles. The number of methoxy groups -OCH3 is 1. The molecule has 1 aromatic rings. The number of benzene rings is 1. The van der Waals surface area contributed by atoms with Gasteiger partial charge in [0.1, 0.15) is 5.82 Å². The number of carboxylic acid groups (broad SMARTS) is 1. The maximum atomic E-state index is 13.4. The van der Waals surface area contributed by atoms with E-state index in [0.717, 1.165) is 6.07 Å². The van der Waals surface area contributed by atoms with Crippen molar-refractivity contribution < 1.29 is 23.8 Å². The van der Waals surface area contributed by atoms with Gasteiger partial charge in [-0.1, -0.05) is 0 Å². The molecule has 0 heterocycles. The second kappa shape index (κ2) is 6.70. The zero-order valence-electron chi connectivity index (χ0n) is 9.90. The van der Waals surface area contributed by atoms with Crippen LogP contribution in [-0.2, 0) is 16.1 Å². The van der Waals surface area contributed by atoms with Gasteiger partial charge in [0.25, 0.3) is 0 Å². The summed E-state index contributed by atoms with van der Waals surface area (Å²) in [6.45, 7) is 0.493. The van der Waals surface area contributed by atoms with Crippen molar-refractivity contribution >= 4 is 11.9 Å². The summed E-state index contributed by atoms with van der Waals surface area (Å²) in [6.07, 6.45) is 0.177. The lowest BCUT2D eigenvalue weighted by molar-refractivity contribution is -0.140. The van der Waals surface area contributed by atoms with Crippen LogP contribution in [0.15, 0.2) is 18.2 Å². The number of aromatic carboxylic acids is 1. The van der Waals surface area contributed by atoms with E-state index < -0.39 is 11.8 Å². The van der Waals surface area contributed by atoms with Gasteiger partial charge in [0, 0.05) is 18.7 Å². The number of carbonyl (C=O) groups is 2. The first-order valence-corrected chi connectivity index (χ1v) is 5.34. The van der Waals surface area contributed by atoms with Crippen molar-refractivity contribution in [1.29, 1.82) is 0 Å². The van der Waals surface area contributed by atoms with Crippen LogP contribution in [0.4, 0.5) is 4.39 Å². The smallest absolute Gasteiger partial charge is 0.335 e. The zero-order chi connectivity index (χ0) is 13.5. The highest BCUT2D eigenvalue weighted by Gasteiger charge is 2.08. The number of hydrogen-bond donors (Lipinski definition) is 2. The van der Waals surface area contributed by atoms with Crippen LogP contribution in [-0.4, -0.2) is 30.7 Å². The largest absolute Gasteiger partial charge is 0.478 e. The Morgan fingerprint density at radius 1 is 1.44 bits per heavy atom. The van der Waals surface area contributed by atoms with Crippen LogP contribution in [0.1, 0.15) is 22.3 Å². The van der Waals surface area contributed by atoms with Gasteiger partial charge in [0.05, 0.1) is 19.1 Å². The molecule has 0 atom stereocenters. The van der Waals surface area contributed by atoms with Crippen LogP contribution in [0.5, 0.6) is 0 Å². The average molecular weight is 255 g/mol. The van der Waals surface area contributed by atoms with E-state index in [0.29, 0.717) is 6.54 Å². The number of hydrogen-bond acceptors (Lipinski definition) is 4. The normalized spacial score (nSPS) is 10.1. The molecule has 0 saturated carbocycles. The molecule has 2 N–H and O–H groups in total. The summed E-state index contributed by atoms with van der Waals surface area (Å²) in [5, 5.41) is 11.6. The van der Waals surface area contributed by atoms with Crippen molar-refractivity contribution in [3.05, 3.63) is 35.1 Å². The van der Waals surface area contributed by atoms with E-state index >= 15 is 0 Å². The highest BCUT2D eigenvalue weighted by Crippen LogP contribution is 2.10. The Morgan fingerprint density at radius 3 is 2.78 bits per heavy atom. The molecule has 0 amide bonds. The van der Waals surface area contributed by atoms with Gasteiger partial charge in [-0.3, -0.25) is 4.79 Å². The fourth-order valence-electron chi connectivity index (χ4n) is 1.36. The first kappa shape index (κ1) is 14.1. The lowest BCUT2D eigenvalue weighted by Crippen LogP contribution is -2.19. The van der Waals surface area contributed by atoms with E-state index in [1.54, 1.807) is 0 Å². The Kier molecular flexibility index (Phi) is 5.26. The summed E-state index contributed by atoms with van der Waals surface area (Å²) in [6, 6.07) is 3.58. The van der Waals surface area contributed by atoms with Gasteiger partial charge < -0.3 is 15.2 Å². The van der Waals surface area contributed by atoms with E-state index in [-0.39, 0.29) is 30.1 Å². The second-order valence-electron chi connectivity index (χ2n) is 3.61. The molecule has 1 aromatic carbocycles. The maximum absolute atomic E-state index is 13.4. The monoisotopic (exact) mass is 255 g/mol. The van der Waals surface area contributed by atoms with Crippen LogP contribution in [0.2, 0.25) is 0 Å². The standard InChI is InChI=1S/C12H14FNO4/c1-18-11(15)4-5-14-7-9-6-8(12(16)17)2-3-10(9)13/h2-3,6,14H,4-5,7H2,1H3,(H,16,17). The Balaban J connectivity index is 2.53. The molecular weight excluding hydrogens is 241 g/mol. The number of carboxylic acids is 1. The summed E-state index contributed by atoms with van der Waals surface area (Å²) in [5.74, 6) is -1.95. The third-order valence-electron chi connectivity index (χ3n) is 2.34. The second-order valence-corrected chi connectivity index (χ2v) is 3.61. The highest BCUT2D eigenvalue weighted by molar-refractivity contribution is 5.87. The van der Waals surface area contributed by atoms with Crippen molar-refractivity contribution in [2.45, 2.75) is 13.0 Å². The summed E-state index contributed by atoms with van der Waals surface area (Å²) >= 11 is 0. The molecule has 1 rings (SSSR count). The van der Waals surface area contributed by atoms with Crippen LogP contribution < -0.4 is 5.32 Å².